The molecule has 0 spiro atoms. The summed E-state index contributed by atoms with van der Waals surface area (Å²) in [6.45, 7) is 3.71. The zero-order valence-corrected chi connectivity index (χ0v) is 7.55. The summed E-state index contributed by atoms with van der Waals surface area (Å²) in [4.78, 5) is 11.2. The van der Waals surface area contributed by atoms with Crippen LogP contribution in [-0.2, 0) is 17.6 Å². The van der Waals surface area contributed by atoms with Crippen LogP contribution in [-0.4, -0.2) is 5.78 Å². The predicted molar refractivity (Wildman–Crippen MR) is 53.6 cm³/mol. The van der Waals surface area contributed by atoms with Gasteiger partial charge in [0.1, 0.15) is 5.78 Å². The van der Waals surface area contributed by atoms with Crippen LogP contribution in [0.1, 0.15) is 23.1 Å². The zero-order valence-electron chi connectivity index (χ0n) is 7.55. The van der Waals surface area contributed by atoms with Crippen molar-refractivity contribution in [2.75, 3.05) is 0 Å². The third kappa shape index (κ3) is 1.55. The summed E-state index contributed by atoms with van der Waals surface area (Å²) in [5, 5.41) is 0. The van der Waals surface area contributed by atoms with E-state index >= 15 is 0 Å². The molecule has 1 heteroatoms. The van der Waals surface area contributed by atoms with Gasteiger partial charge in [-0.15, -0.1) is 0 Å². The lowest BCUT2D eigenvalue weighted by Crippen LogP contribution is -2.13. The van der Waals surface area contributed by atoms with Crippen molar-refractivity contribution in [1.82, 2.24) is 0 Å². The lowest BCUT2D eigenvalue weighted by Gasteiger charge is -2.14. The van der Waals surface area contributed by atoms with Crippen molar-refractivity contribution in [3.63, 3.8) is 0 Å². The van der Waals surface area contributed by atoms with Crippen LogP contribution in [0.5, 0.6) is 0 Å². The van der Waals surface area contributed by atoms with Gasteiger partial charge in [-0.1, -0.05) is 30.9 Å². The number of benzene rings is 1. The van der Waals surface area contributed by atoms with Crippen LogP contribution >= 0.6 is 0 Å². The summed E-state index contributed by atoms with van der Waals surface area (Å²) in [5.74, 6) is 0.355. The number of fused-ring (bicyclic) bond motifs is 1. The van der Waals surface area contributed by atoms with E-state index in [0.29, 0.717) is 18.6 Å². The number of aryl methyl sites for hydroxylation is 1. The topological polar surface area (TPSA) is 17.1 Å². The van der Waals surface area contributed by atoms with Gasteiger partial charge in [-0.3, -0.25) is 4.79 Å². The zero-order chi connectivity index (χ0) is 9.26. The Hall–Kier alpha value is -1.37. The molecule has 0 bridgehead atoms. The van der Waals surface area contributed by atoms with Crippen LogP contribution in [0.3, 0.4) is 0 Å². The van der Waals surface area contributed by atoms with Crippen molar-refractivity contribution in [1.29, 1.82) is 0 Å². The number of carbonyl (C=O) groups is 1. The molecule has 0 radical (unpaired) electrons. The molecule has 0 atom stereocenters. The lowest BCUT2D eigenvalue weighted by atomic mass is 9.90. The van der Waals surface area contributed by atoms with Gasteiger partial charge in [0.2, 0.25) is 0 Å². The fourth-order valence-electron chi connectivity index (χ4n) is 1.76. The van der Waals surface area contributed by atoms with Crippen molar-refractivity contribution in [3.8, 4) is 0 Å². The molecule has 0 heterocycles. The molecule has 1 aliphatic carbocycles. The van der Waals surface area contributed by atoms with Gasteiger partial charge in [0.25, 0.3) is 0 Å². The summed E-state index contributed by atoms with van der Waals surface area (Å²) in [5.41, 5.74) is 3.62. The molecular formula is C12H12O. The number of hydrogen-bond acceptors (Lipinski definition) is 1. The second-order valence-electron chi connectivity index (χ2n) is 3.45. The summed E-state index contributed by atoms with van der Waals surface area (Å²) in [6.07, 6.45) is 4.04. The first-order valence-electron chi connectivity index (χ1n) is 4.55. The van der Waals surface area contributed by atoms with Gasteiger partial charge in [-0.2, -0.15) is 0 Å². The maximum Gasteiger partial charge on any atom is 0.137 e. The smallest absolute Gasteiger partial charge is 0.137 e. The van der Waals surface area contributed by atoms with E-state index in [4.69, 9.17) is 0 Å². The minimum Gasteiger partial charge on any atom is -0.299 e. The van der Waals surface area contributed by atoms with E-state index in [9.17, 15) is 4.79 Å². The van der Waals surface area contributed by atoms with Gasteiger partial charge in [-0.05, 0) is 23.1 Å². The molecule has 2 rings (SSSR count). The van der Waals surface area contributed by atoms with Crippen LogP contribution in [0.25, 0.3) is 6.08 Å². The predicted octanol–water partition coefficient (Wildman–Crippen LogP) is 2.39. The van der Waals surface area contributed by atoms with E-state index in [1.807, 2.05) is 6.08 Å². The molecule has 66 valence electrons. The molecule has 0 unspecified atom stereocenters. The Kier molecular flexibility index (Phi) is 2.01. The summed E-state index contributed by atoms with van der Waals surface area (Å²) < 4.78 is 0. The highest BCUT2D eigenvalue weighted by Gasteiger charge is 2.14. The molecule has 0 amide bonds. The van der Waals surface area contributed by atoms with Crippen molar-refractivity contribution >= 4 is 11.9 Å². The van der Waals surface area contributed by atoms with E-state index in [2.05, 4.69) is 24.8 Å². The lowest BCUT2D eigenvalue weighted by molar-refractivity contribution is -0.118. The quantitative estimate of drug-likeness (QED) is 0.635. The number of Topliss-reactive ketones (excluding diaryl/α,β-unsaturated/α-hetero) is 1. The molecular weight excluding hydrogens is 160 g/mol. The molecule has 0 saturated carbocycles. The van der Waals surface area contributed by atoms with Gasteiger partial charge >= 0.3 is 0 Å². The minimum atomic E-state index is 0.355. The maximum atomic E-state index is 11.2. The molecule has 1 nitrogen and oxygen atoms in total. The first-order chi connectivity index (χ1) is 6.29. The van der Waals surface area contributed by atoms with E-state index in [1.54, 1.807) is 0 Å². The summed E-state index contributed by atoms with van der Waals surface area (Å²) in [7, 11) is 0. The van der Waals surface area contributed by atoms with E-state index in [1.165, 1.54) is 11.1 Å². The van der Waals surface area contributed by atoms with Gasteiger partial charge in [0, 0.05) is 12.8 Å². The Morgan fingerprint density at radius 2 is 2.08 bits per heavy atom. The molecule has 1 aromatic carbocycles. The molecule has 0 N–H and O–H groups in total. The normalized spacial score (nSPS) is 15.2. The fourth-order valence-corrected chi connectivity index (χ4v) is 1.76. The van der Waals surface area contributed by atoms with Crippen molar-refractivity contribution in [3.05, 3.63) is 41.5 Å². The van der Waals surface area contributed by atoms with Crippen LogP contribution in [0.4, 0.5) is 0 Å². The number of hydrogen-bond donors (Lipinski definition) is 0. The molecule has 0 aliphatic heterocycles. The third-order valence-corrected chi connectivity index (χ3v) is 2.53. The van der Waals surface area contributed by atoms with Gasteiger partial charge < -0.3 is 0 Å². The Bertz CT molecular complexity index is 363. The third-order valence-electron chi connectivity index (χ3n) is 2.53. The minimum absolute atomic E-state index is 0.355. The van der Waals surface area contributed by atoms with Crippen LogP contribution in [0, 0.1) is 0 Å². The van der Waals surface area contributed by atoms with Crippen LogP contribution in [0.2, 0.25) is 0 Å². The standard InChI is InChI=1S/C12H12O/c1-2-9-3-4-10-5-6-12(13)8-11(10)7-9/h2-4,7H,1,5-6,8H2. The Morgan fingerprint density at radius 1 is 1.23 bits per heavy atom. The first-order valence-corrected chi connectivity index (χ1v) is 4.55. The molecule has 1 aliphatic rings. The van der Waals surface area contributed by atoms with Crippen molar-refractivity contribution in [2.24, 2.45) is 0 Å². The van der Waals surface area contributed by atoms with Crippen molar-refractivity contribution in [2.45, 2.75) is 19.3 Å². The van der Waals surface area contributed by atoms with Gasteiger partial charge in [0.15, 0.2) is 0 Å². The second kappa shape index (κ2) is 3.17. The molecule has 0 aromatic heterocycles. The average Bonchev–Trinajstić information content (AvgIpc) is 2.16. The van der Waals surface area contributed by atoms with Crippen LogP contribution in [0.15, 0.2) is 24.8 Å². The highest BCUT2D eigenvalue weighted by Crippen LogP contribution is 2.20. The number of carbonyl (C=O) groups excluding carboxylic acids is 1. The molecule has 1 aromatic rings. The number of rotatable bonds is 1. The molecule has 0 saturated heterocycles. The average molecular weight is 172 g/mol. The van der Waals surface area contributed by atoms with Crippen LogP contribution < -0.4 is 0 Å². The van der Waals surface area contributed by atoms with Gasteiger partial charge in [-0.25, -0.2) is 0 Å². The first kappa shape index (κ1) is 8.24. The monoisotopic (exact) mass is 172 g/mol. The van der Waals surface area contributed by atoms with E-state index in [-0.39, 0.29) is 0 Å². The maximum absolute atomic E-state index is 11.2. The molecule has 13 heavy (non-hydrogen) atoms. The second-order valence-corrected chi connectivity index (χ2v) is 3.45. The molecule has 0 fully saturated rings. The Labute approximate surface area is 78.1 Å². The fraction of sp³-hybridized carbons (Fsp3) is 0.250. The highest BCUT2D eigenvalue weighted by atomic mass is 16.1. The Balaban J connectivity index is 2.43. The largest absolute Gasteiger partial charge is 0.299 e. The summed E-state index contributed by atoms with van der Waals surface area (Å²) >= 11 is 0. The number of ketones is 1. The van der Waals surface area contributed by atoms with E-state index < -0.39 is 0 Å². The van der Waals surface area contributed by atoms with Gasteiger partial charge in [0.05, 0.1) is 0 Å². The Morgan fingerprint density at radius 3 is 2.85 bits per heavy atom. The summed E-state index contributed by atoms with van der Waals surface area (Å²) in [6, 6.07) is 6.24. The highest BCUT2D eigenvalue weighted by molar-refractivity contribution is 5.83. The van der Waals surface area contributed by atoms with Crippen molar-refractivity contribution < 1.29 is 4.79 Å². The SMILES string of the molecule is C=Cc1ccc2c(c1)CC(=O)CC2. The van der Waals surface area contributed by atoms with E-state index in [0.717, 1.165) is 12.0 Å².